The van der Waals surface area contributed by atoms with Gasteiger partial charge in [-0.05, 0) is 73.5 Å². The second-order valence-electron chi connectivity index (χ2n) is 16.3. The highest BCUT2D eigenvalue weighted by Gasteiger charge is 2.73. The van der Waals surface area contributed by atoms with E-state index in [2.05, 4.69) is 20.8 Å². The highest BCUT2D eigenvalue weighted by molar-refractivity contribution is 5.20. The zero-order valence-corrected chi connectivity index (χ0v) is 26.5. The van der Waals surface area contributed by atoms with Gasteiger partial charge in [-0.3, -0.25) is 0 Å². The molecule has 3 aliphatic heterocycles. The number of fused-ring (bicyclic) bond motifs is 7. The van der Waals surface area contributed by atoms with Gasteiger partial charge in [0.2, 0.25) is 0 Å². The minimum atomic E-state index is -1.64. The molecule has 4 saturated carbocycles. The first-order valence-electron chi connectivity index (χ1n) is 17.1. The van der Waals surface area contributed by atoms with E-state index < -0.39 is 72.4 Å². The van der Waals surface area contributed by atoms with E-state index in [-0.39, 0.29) is 29.8 Å². The molecule has 0 bridgehead atoms. The molecular weight excluding hydrogens is 572 g/mol. The molecule has 44 heavy (non-hydrogen) atoms. The van der Waals surface area contributed by atoms with Crippen molar-refractivity contribution in [3.05, 3.63) is 0 Å². The van der Waals surface area contributed by atoms with Crippen LogP contribution in [0.4, 0.5) is 0 Å². The van der Waals surface area contributed by atoms with Gasteiger partial charge >= 0.3 is 0 Å². The molecule has 1 spiro atoms. The normalized spacial score (nSPS) is 62.1. The zero-order chi connectivity index (χ0) is 31.6. The Bertz CT molecular complexity index is 1080. The standard InChI is InChI=1S/C33H54O11/c1-15-5-10-33(41-14-15)16(2)23-20(44-33)11-19-17-6-9-32(40)12-21(42-29-27(38)26(37)24(35)22(13-34)43-29)25(36)28(39)31(32,4)18(17)7-8-30(19,23)3/h15-29,34-40H,5-14H2,1-4H3. The maximum absolute atomic E-state index is 12.3. The third kappa shape index (κ3) is 4.27. The Morgan fingerprint density at radius 3 is 2.30 bits per heavy atom. The van der Waals surface area contributed by atoms with Gasteiger partial charge in [0.15, 0.2) is 12.1 Å². The van der Waals surface area contributed by atoms with Crippen LogP contribution in [0, 0.1) is 46.3 Å². The van der Waals surface area contributed by atoms with Crippen molar-refractivity contribution < 1.29 is 54.7 Å². The lowest BCUT2D eigenvalue weighted by molar-refractivity contribution is -0.346. The molecule has 252 valence electrons. The molecule has 19 unspecified atom stereocenters. The molecule has 7 fully saturated rings. The molecular formula is C33H54O11. The Morgan fingerprint density at radius 1 is 0.864 bits per heavy atom. The maximum Gasteiger partial charge on any atom is 0.187 e. The van der Waals surface area contributed by atoms with Gasteiger partial charge in [0.25, 0.3) is 0 Å². The van der Waals surface area contributed by atoms with E-state index in [9.17, 15) is 35.7 Å². The van der Waals surface area contributed by atoms with Gasteiger partial charge in [0.05, 0.1) is 37.1 Å². The van der Waals surface area contributed by atoms with Crippen molar-refractivity contribution in [3.8, 4) is 0 Å². The highest BCUT2D eigenvalue weighted by atomic mass is 16.7. The van der Waals surface area contributed by atoms with E-state index in [1.165, 1.54) is 0 Å². The van der Waals surface area contributed by atoms with Crippen molar-refractivity contribution >= 4 is 0 Å². The van der Waals surface area contributed by atoms with Crippen molar-refractivity contribution in [2.75, 3.05) is 13.2 Å². The van der Waals surface area contributed by atoms with E-state index in [1.807, 2.05) is 6.92 Å². The number of hydrogen-bond acceptors (Lipinski definition) is 11. The van der Waals surface area contributed by atoms with Gasteiger partial charge < -0.3 is 54.7 Å². The van der Waals surface area contributed by atoms with Crippen LogP contribution in [-0.4, -0.2) is 115 Å². The van der Waals surface area contributed by atoms with E-state index in [4.69, 9.17) is 18.9 Å². The van der Waals surface area contributed by atoms with Crippen LogP contribution in [0.1, 0.15) is 79.1 Å². The topological polar surface area (TPSA) is 179 Å². The lowest BCUT2D eigenvalue weighted by Gasteiger charge is -2.66. The summed E-state index contributed by atoms with van der Waals surface area (Å²) in [5, 5.41) is 76.1. The summed E-state index contributed by atoms with van der Waals surface area (Å²) in [4.78, 5) is 0. The summed E-state index contributed by atoms with van der Waals surface area (Å²) in [5.74, 6) is 1.41. The molecule has 11 heteroatoms. The van der Waals surface area contributed by atoms with E-state index in [0.29, 0.717) is 30.1 Å². The number of ether oxygens (including phenoxy) is 4. The predicted molar refractivity (Wildman–Crippen MR) is 155 cm³/mol. The molecule has 3 heterocycles. The molecule has 7 N–H and O–H groups in total. The van der Waals surface area contributed by atoms with Gasteiger partial charge in [-0.2, -0.15) is 0 Å². The summed E-state index contributed by atoms with van der Waals surface area (Å²) < 4.78 is 24.8. The minimum absolute atomic E-state index is 0.00735. The molecule has 0 radical (unpaired) electrons. The second kappa shape index (κ2) is 10.8. The zero-order valence-electron chi connectivity index (χ0n) is 26.5. The summed E-state index contributed by atoms with van der Waals surface area (Å²) in [6, 6.07) is 0. The van der Waals surface area contributed by atoms with Crippen LogP contribution >= 0.6 is 0 Å². The number of aliphatic hydroxyl groups excluding tert-OH is 6. The fourth-order valence-electron chi connectivity index (χ4n) is 11.8. The van der Waals surface area contributed by atoms with Crippen molar-refractivity contribution in [2.45, 2.75) is 146 Å². The van der Waals surface area contributed by atoms with Crippen LogP contribution in [0.15, 0.2) is 0 Å². The number of rotatable bonds is 3. The Hall–Kier alpha value is -0.440. The molecule has 0 amide bonds. The van der Waals surface area contributed by atoms with E-state index in [0.717, 1.165) is 45.1 Å². The molecule has 0 aromatic rings. The Kier molecular flexibility index (Phi) is 7.87. The monoisotopic (exact) mass is 626 g/mol. The first-order chi connectivity index (χ1) is 20.7. The van der Waals surface area contributed by atoms with Crippen molar-refractivity contribution in [2.24, 2.45) is 46.3 Å². The summed E-state index contributed by atoms with van der Waals surface area (Å²) >= 11 is 0. The van der Waals surface area contributed by atoms with Gasteiger partial charge in [0.1, 0.15) is 30.5 Å². The average Bonchev–Trinajstić information content (AvgIpc) is 3.44. The molecule has 11 nitrogen and oxygen atoms in total. The molecule has 3 saturated heterocycles. The number of aliphatic hydroxyl groups is 7. The molecule has 19 atom stereocenters. The lowest BCUT2D eigenvalue weighted by Crippen LogP contribution is -2.72. The van der Waals surface area contributed by atoms with Crippen molar-refractivity contribution in [3.63, 3.8) is 0 Å². The van der Waals surface area contributed by atoms with Crippen molar-refractivity contribution in [1.82, 2.24) is 0 Å². The van der Waals surface area contributed by atoms with Gasteiger partial charge in [0, 0.05) is 24.2 Å². The molecule has 7 aliphatic rings. The SMILES string of the molecule is CC1CCC2(OC1)OC1CC3C4CCC5(O)CC(OC6OC(CO)C(O)C(O)C6O)C(O)C(O)C5(C)C4CCC3(C)C1C2C. The molecule has 4 aliphatic carbocycles. The summed E-state index contributed by atoms with van der Waals surface area (Å²) in [7, 11) is 0. The molecule has 0 aromatic carbocycles. The first kappa shape index (κ1) is 32.1. The maximum atomic E-state index is 12.3. The summed E-state index contributed by atoms with van der Waals surface area (Å²) in [6.45, 7) is 9.04. The third-order valence-electron chi connectivity index (χ3n) is 14.4. The minimum Gasteiger partial charge on any atom is -0.394 e. The van der Waals surface area contributed by atoms with Gasteiger partial charge in [-0.1, -0.05) is 27.7 Å². The highest BCUT2D eigenvalue weighted by Crippen LogP contribution is 2.72. The number of hydrogen-bond donors (Lipinski definition) is 7. The van der Waals surface area contributed by atoms with Crippen LogP contribution in [0.25, 0.3) is 0 Å². The van der Waals surface area contributed by atoms with Crippen LogP contribution in [0.2, 0.25) is 0 Å². The van der Waals surface area contributed by atoms with Crippen LogP contribution in [-0.2, 0) is 18.9 Å². The smallest absolute Gasteiger partial charge is 0.187 e. The fourth-order valence-corrected chi connectivity index (χ4v) is 11.8. The van der Waals surface area contributed by atoms with Gasteiger partial charge in [-0.25, -0.2) is 0 Å². The van der Waals surface area contributed by atoms with Crippen LogP contribution < -0.4 is 0 Å². The average molecular weight is 627 g/mol. The summed E-state index contributed by atoms with van der Waals surface area (Å²) in [5.41, 5.74) is -2.26. The largest absolute Gasteiger partial charge is 0.394 e. The predicted octanol–water partition coefficient (Wildman–Crippen LogP) is 0.675. The van der Waals surface area contributed by atoms with Crippen LogP contribution in [0.5, 0.6) is 0 Å². The second-order valence-corrected chi connectivity index (χ2v) is 16.3. The Labute approximate surface area is 259 Å². The van der Waals surface area contributed by atoms with Gasteiger partial charge in [-0.15, -0.1) is 0 Å². The first-order valence-corrected chi connectivity index (χ1v) is 17.1. The quantitative estimate of drug-likeness (QED) is 0.219. The van der Waals surface area contributed by atoms with Crippen molar-refractivity contribution in [1.29, 1.82) is 0 Å². The van der Waals surface area contributed by atoms with E-state index >= 15 is 0 Å². The molecule has 7 rings (SSSR count). The summed E-state index contributed by atoms with van der Waals surface area (Å²) in [6.07, 6.45) is -5.02. The Balaban J connectivity index is 1.10. The Morgan fingerprint density at radius 2 is 1.61 bits per heavy atom. The van der Waals surface area contributed by atoms with E-state index in [1.54, 1.807) is 0 Å². The van der Waals surface area contributed by atoms with Crippen LogP contribution in [0.3, 0.4) is 0 Å². The molecule has 0 aromatic heterocycles. The lowest BCUT2D eigenvalue weighted by atomic mass is 9.42. The third-order valence-corrected chi connectivity index (χ3v) is 14.4. The fraction of sp³-hybridized carbons (Fsp3) is 1.00.